The van der Waals surface area contributed by atoms with Crippen LogP contribution in [-0.2, 0) is 13.7 Å². The van der Waals surface area contributed by atoms with Crippen molar-refractivity contribution < 1.29 is 5.11 Å². The van der Waals surface area contributed by atoms with Crippen LogP contribution in [0.5, 0.6) is 0 Å². The molecule has 3 nitrogen and oxygen atoms in total. The Balaban J connectivity index is 2.19. The van der Waals surface area contributed by atoms with Gasteiger partial charge in [0, 0.05) is 18.1 Å². The highest BCUT2D eigenvalue weighted by Gasteiger charge is 2.02. The van der Waals surface area contributed by atoms with Crippen molar-refractivity contribution in [1.82, 2.24) is 9.78 Å². The number of benzene rings is 1. The molecule has 16 heavy (non-hydrogen) atoms. The van der Waals surface area contributed by atoms with Crippen molar-refractivity contribution in [3.05, 3.63) is 41.7 Å². The molecular weight excluding hydrogens is 220 g/mol. The number of hydrogen-bond acceptors (Lipinski definition) is 3. The molecule has 0 saturated carbocycles. The molecule has 0 unspecified atom stereocenters. The molecular formula is C12H14N2OS. The molecule has 0 spiro atoms. The van der Waals surface area contributed by atoms with Gasteiger partial charge in [-0.15, -0.1) is 0 Å². The Morgan fingerprint density at radius 1 is 1.38 bits per heavy atom. The number of aliphatic hydroxyl groups excluding tert-OH is 1. The molecule has 1 heterocycles. The molecule has 0 fully saturated rings. The first-order valence-electron chi connectivity index (χ1n) is 5.06. The maximum absolute atomic E-state index is 9.08. The van der Waals surface area contributed by atoms with Crippen LogP contribution in [0.25, 0.3) is 0 Å². The van der Waals surface area contributed by atoms with Gasteiger partial charge in [0.25, 0.3) is 0 Å². The summed E-state index contributed by atoms with van der Waals surface area (Å²) in [5.74, 6) is 0. The first-order chi connectivity index (χ1) is 7.69. The second-order valence-electron chi connectivity index (χ2n) is 3.70. The van der Waals surface area contributed by atoms with Crippen molar-refractivity contribution in [2.24, 2.45) is 7.05 Å². The fraction of sp³-hybridized carbons (Fsp3) is 0.250. The van der Waals surface area contributed by atoms with Gasteiger partial charge in [0.05, 0.1) is 17.7 Å². The standard InChI is InChI=1S/C12H14N2OS/c1-9-5-11(4-3-10(9)8-15)16-12-6-13-14(2)7-12/h3-7,15H,8H2,1-2H3. The van der Waals surface area contributed by atoms with Gasteiger partial charge in [-0.3, -0.25) is 4.68 Å². The Labute approximate surface area is 99.1 Å². The maximum Gasteiger partial charge on any atom is 0.0684 e. The maximum atomic E-state index is 9.08. The topological polar surface area (TPSA) is 38.0 Å². The van der Waals surface area contributed by atoms with E-state index in [4.69, 9.17) is 5.11 Å². The molecule has 1 N–H and O–H groups in total. The van der Waals surface area contributed by atoms with E-state index in [1.54, 1.807) is 16.4 Å². The molecule has 0 amide bonds. The van der Waals surface area contributed by atoms with E-state index in [0.29, 0.717) is 0 Å². The van der Waals surface area contributed by atoms with Crippen molar-refractivity contribution in [2.75, 3.05) is 0 Å². The summed E-state index contributed by atoms with van der Waals surface area (Å²) in [4.78, 5) is 2.29. The monoisotopic (exact) mass is 234 g/mol. The highest BCUT2D eigenvalue weighted by Crippen LogP contribution is 2.28. The fourth-order valence-corrected chi connectivity index (χ4v) is 2.45. The highest BCUT2D eigenvalue weighted by molar-refractivity contribution is 7.99. The fourth-order valence-electron chi connectivity index (χ4n) is 1.50. The van der Waals surface area contributed by atoms with Gasteiger partial charge in [0.1, 0.15) is 0 Å². The third-order valence-corrected chi connectivity index (χ3v) is 3.34. The molecule has 0 aliphatic rings. The van der Waals surface area contributed by atoms with Crippen LogP contribution in [0.1, 0.15) is 11.1 Å². The zero-order valence-electron chi connectivity index (χ0n) is 9.34. The summed E-state index contributed by atoms with van der Waals surface area (Å²) in [5.41, 5.74) is 2.10. The lowest BCUT2D eigenvalue weighted by atomic mass is 10.1. The molecule has 2 aromatic rings. The molecule has 0 saturated heterocycles. The number of aliphatic hydroxyl groups is 1. The van der Waals surface area contributed by atoms with Crippen LogP contribution in [-0.4, -0.2) is 14.9 Å². The quantitative estimate of drug-likeness (QED) is 0.886. The van der Waals surface area contributed by atoms with Gasteiger partial charge in [-0.1, -0.05) is 17.8 Å². The van der Waals surface area contributed by atoms with Crippen LogP contribution in [0.2, 0.25) is 0 Å². The second kappa shape index (κ2) is 4.72. The van der Waals surface area contributed by atoms with E-state index in [1.165, 1.54) is 4.90 Å². The van der Waals surface area contributed by atoms with Crippen LogP contribution in [0.4, 0.5) is 0 Å². The predicted octanol–water partition coefficient (Wildman–Crippen LogP) is 2.37. The lowest BCUT2D eigenvalue weighted by Gasteiger charge is -2.04. The van der Waals surface area contributed by atoms with E-state index in [1.807, 2.05) is 38.5 Å². The Morgan fingerprint density at radius 3 is 2.75 bits per heavy atom. The SMILES string of the molecule is Cc1cc(Sc2cnn(C)c2)ccc1CO. The minimum Gasteiger partial charge on any atom is -0.392 e. The van der Waals surface area contributed by atoms with Crippen molar-refractivity contribution in [1.29, 1.82) is 0 Å². The zero-order valence-corrected chi connectivity index (χ0v) is 10.2. The molecule has 0 aliphatic heterocycles. The zero-order chi connectivity index (χ0) is 11.5. The van der Waals surface area contributed by atoms with E-state index in [2.05, 4.69) is 11.2 Å². The summed E-state index contributed by atoms with van der Waals surface area (Å²) in [7, 11) is 1.91. The molecule has 1 aromatic heterocycles. The van der Waals surface area contributed by atoms with Crippen molar-refractivity contribution in [3.63, 3.8) is 0 Å². The number of aryl methyl sites for hydroxylation is 2. The van der Waals surface area contributed by atoms with E-state index in [-0.39, 0.29) is 6.61 Å². The lowest BCUT2D eigenvalue weighted by molar-refractivity contribution is 0.281. The van der Waals surface area contributed by atoms with Crippen molar-refractivity contribution >= 4 is 11.8 Å². The molecule has 0 radical (unpaired) electrons. The van der Waals surface area contributed by atoms with Crippen LogP contribution in [0.15, 0.2) is 40.4 Å². The molecule has 2 rings (SSSR count). The largest absolute Gasteiger partial charge is 0.392 e. The van der Waals surface area contributed by atoms with Gasteiger partial charge in [0.15, 0.2) is 0 Å². The smallest absolute Gasteiger partial charge is 0.0684 e. The molecule has 0 bridgehead atoms. The average molecular weight is 234 g/mol. The van der Waals surface area contributed by atoms with E-state index in [9.17, 15) is 0 Å². The number of nitrogens with zero attached hydrogens (tertiary/aromatic N) is 2. The summed E-state index contributed by atoms with van der Waals surface area (Å²) in [6.45, 7) is 2.11. The van der Waals surface area contributed by atoms with Gasteiger partial charge in [-0.05, 0) is 30.2 Å². The van der Waals surface area contributed by atoms with Gasteiger partial charge in [-0.2, -0.15) is 5.10 Å². The minimum atomic E-state index is 0.101. The lowest BCUT2D eigenvalue weighted by Crippen LogP contribution is -1.88. The summed E-state index contributed by atoms with van der Waals surface area (Å²) in [5, 5.41) is 13.2. The first kappa shape index (κ1) is 11.2. The van der Waals surface area contributed by atoms with E-state index < -0.39 is 0 Å². The Hall–Kier alpha value is -1.26. The van der Waals surface area contributed by atoms with Crippen LogP contribution in [0.3, 0.4) is 0 Å². The average Bonchev–Trinajstić information content (AvgIpc) is 2.64. The summed E-state index contributed by atoms with van der Waals surface area (Å²) in [6, 6.07) is 6.08. The second-order valence-corrected chi connectivity index (χ2v) is 4.85. The van der Waals surface area contributed by atoms with E-state index in [0.717, 1.165) is 16.0 Å². The predicted molar refractivity (Wildman–Crippen MR) is 64.4 cm³/mol. The first-order valence-corrected chi connectivity index (χ1v) is 5.87. The molecule has 4 heteroatoms. The number of hydrogen-bond donors (Lipinski definition) is 1. The summed E-state index contributed by atoms with van der Waals surface area (Å²) < 4.78 is 1.79. The van der Waals surface area contributed by atoms with Gasteiger partial charge in [-0.25, -0.2) is 0 Å². The highest BCUT2D eigenvalue weighted by atomic mass is 32.2. The molecule has 0 atom stereocenters. The Bertz CT molecular complexity index is 494. The van der Waals surface area contributed by atoms with Crippen molar-refractivity contribution in [3.8, 4) is 0 Å². The Morgan fingerprint density at radius 2 is 2.19 bits per heavy atom. The molecule has 84 valence electrons. The third-order valence-electron chi connectivity index (χ3n) is 2.40. The number of aromatic nitrogens is 2. The third kappa shape index (κ3) is 2.46. The van der Waals surface area contributed by atoms with Crippen LogP contribution in [0, 0.1) is 6.92 Å². The van der Waals surface area contributed by atoms with Crippen LogP contribution < -0.4 is 0 Å². The van der Waals surface area contributed by atoms with Gasteiger partial charge < -0.3 is 5.11 Å². The van der Waals surface area contributed by atoms with Crippen LogP contribution >= 0.6 is 11.8 Å². The van der Waals surface area contributed by atoms with Gasteiger partial charge in [0.2, 0.25) is 0 Å². The number of rotatable bonds is 3. The Kier molecular flexibility index (Phi) is 3.31. The molecule has 0 aliphatic carbocycles. The van der Waals surface area contributed by atoms with E-state index >= 15 is 0 Å². The molecule has 1 aromatic carbocycles. The van der Waals surface area contributed by atoms with Gasteiger partial charge >= 0.3 is 0 Å². The summed E-state index contributed by atoms with van der Waals surface area (Å²) in [6.07, 6.45) is 3.83. The summed E-state index contributed by atoms with van der Waals surface area (Å²) >= 11 is 1.68. The minimum absolute atomic E-state index is 0.101. The normalized spacial score (nSPS) is 10.7. The van der Waals surface area contributed by atoms with Crippen molar-refractivity contribution in [2.45, 2.75) is 23.3 Å².